The van der Waals surface area contributed by atoms with E-state index in [0.29, 0.717) is 17.7 Å². The van der Waals surface area contributed by atoms with Gasteiger partial charge in [-0.05, 0) is 63.9 Å². The molecule has 0 unspecified atom stereocenters. The van der Waals surface area contributed by atoms with E-state index in [9.17, 15) is 9.59 Å². The van der Waals surface area contributed by atoms with Crippen molar-refractivity contribution in [2.24, 2.45) is 0 Å². The number of aryl methyl sites for hydroxylation is 1. The topological polar surface area (TPSA) is 60.3 Å². The number of nitrogens with one attached hydrogen (secondary N) is 1. The molecule has 0 aliphatic heterocycles. The lowest BCUT2D eigenvalue weighted by atomic mass is 10.1. The summed E-state index contributed by atoms with van der Waals surface area (Å²) in [6.45, 7) is 6.03. The van der Waals surface area contributed by atoms with E-state index in [4.69, 9.17) is 4.74 Å². The van der Waals surface area contributed by atoms with E-state index >= 15 is 0 Å². The standard InChI is InChI=1S/C23H30N2O3/c1-4-28-23(27)21-15-16(2)25(17(21)3)20-13-11-18(12-14-20)22(26)24-19-9-7-5-6-8-10-19/h11-15,19H,4-10H2,1-3H3,(H,24,26). The van der Waals surface area contributed by atoms with Crippen molar-refractivity contribution >= 4 is 11.9 Å². The minimum Gasteiger partial charge on any atom is -0.462 e. The third-order valence-corrected chi connectivity index (χ3v) is 5.50. The third kappa shape index (κ3) is 4.46. The number of benzene rings is 1. The SMILES string of the molecule is CCOC(=O)c1cc(C)n(-c2ccc(C(=O)NC3CCCCCC3)cc2)c1C. The summed E-state index contributed by atoms with van der Waals surface area (Å²) in [5.41, 5.74) is 3.97. The fourth-order valence-electron chi connectivity index (χ4n) is 4.03. The van der Waals surface area contributed by atoms with Crippen molar-refractivity contribution in [2.45, 2.75) is 65.3 Å². The average molecular weight is 383 g/mol. The third-order valence-electron chi connectivity index (χ3n) is 5.50. The first-order valence-electron chi connectivity index (χ1n) is 10.3. The van der Waals surface area contributed by atoms with Gasteiger partial charge in [-0.25, -0.2) is 4.79 Å². The molecular formula is C23H30N2O3. The molecule has 1 aromatic carbocycles. The summed E-state index contributed by atoms with van der Waals surface area (Å²) in [5, 5.41) is 3.18. The van der Waals surface area contributed by atoms with Crippen LogP contribution in [0.5, 0.6) is 0 Å². The van der Waals surface area contributed by atoms with Crippen LogP contribution in [0.2, 0.25) is 0 Å². The first kappa shape index (κ1) is 20.2. The van der Waals surface area contributed by atoms with Crippen molar-refractivity contribution in [1.29, 1.82) is 0 Å². The zero-order valence-corrected chi connectivity index (χ0v) is 17.1. The first-order valence-corrected chi connectivity index (χ1v) is 10.3. The summed E-state index contributed by atoms with van der Waals surface area (Å²) >= 11 is 0. The van der Waals surface area contributed by atoms with E-state index in [1.165, 1.54) is 25.7 Å². The molecule has 28 heavy (non-hydrogen) atoms. The number of amides is 1. The molecule has 1 saturated carbocycles. The Balaban J connectivity index is 1.75. The van der Waals surface area contributed by atoms with Crippen molar-refractivity contribution < 1.29 is 14.3 Å². The van der Waals surface area contributed by atoms with Crippen molar-refractivity contribution in [2.75, 3.05) is 6.61 Å². The van der Waals surface area contributed by atoms with E-state index in [1.807, 2.05) is 48.7 Å². The van der Waals surface area contributed by atoms with Gasteiger partial charge >= 0.3 is 5.97 Å². The van der Waals surface area contributed by atoms with Crippen LogP contribution in [0.3, 0.4) is 0 Å². The number of esters is 1. The molecule has 1 aromatic heterocycles. The maximum atomic E-state index is 12.6. The van der Waals surface area contributed by atoms with Crippen molar-refractivity contribution in [3.05, 3.63) is 52.8 Å². The van der Waals surface area contributed by atoms with Gasteiger partial charge in [-0.3, -0.25) is 4.79 Å². The minimum atomic E-state index is -0.304. The van der Waals surface area contributed by atoms with E-state index < -0.39 is 0 Å². The molecule has 1 aliphatic carbocycles. The normalized spacial score (nSPS) is 15.1. The monoisotopic (exact) mass is 382 g/mol. The first-order chi connectivity index (χ1) is 13.5. The highest BCUT2D eigenvalue weighted by Crippen LogP contribution is 2.22. The highest BCUT2D eigenvalue weighted by atomic mass is 16.5. The lowest BCUT2D eigenvalue weighted by molar-refractivity contribution is 0.0525. The van der Waals surface area contributed by atoms with Crippen LogP contribution in [-0.2, 0) is 4.74 Å². The summed E-state index contributed by atoms with van der Waals surface area (Å²) < 4.78 is 7.15. The van der Waals surface area contributed by atoms with E-state index in [-0.39, 0.29) is 17.9 Å². The Kier molecular flexibility index (Phi) is 6.55. The predicted octanol–water partition coefficient (Wildman–Crippen LogP) is 4.72. The van der Waals surface area contributed by atoms with Crippen molar-refractivity contribution in [1.82, 2.24) is 9.88 Å². The molecule has 0 atom stereocenters. The molecule has 150 valence electrons. The van der Waals surface area contributed by atoms with Gasteiger partial charge in [0, 0.05) is 28.7 Å². The van der Waals surface area contributed by atoms with Gasteiger partial charge in [0.25, 0.3) is 5.91 Å². The number of ether oxygens (including phenoxy) is 1. The van der Waals surface area contributed by atoms with Crippen LogP contribution in [0.1, 0.15) is 77.6 Å². The van der Waals surface area contributed by atoms with Crippen LogP contribution in [-0.4, -0.2) is 29.1 Å². The molecule has 5 nitrogen and oxygen atoms in total. The van der Waals surface area contributed by atoms with Gasteiger partial charge < -0.3 is 14.6 Å². The maximum absolute atomic E-state index is 12.6. The Bertz CT molecular complexity index is 828. The Morgan fingerprint density at radius 1 is 1.07 bits per heavy atom. The quantitative estimate of drug-likeness (QED) is 0.601. The molecule has 0 radical (unpaired) electrons. The lowest BCUT2D eigenvalue weighted by Crippen LogP contribution is -2.34. The van der Waals surface area contributed by atoms with Gasteiger partial charge in [-0.15, -0.1) is 0 Å². The predicted molar refractivity (Wildman–Crippen MR) is 110 cm³/mol. The van der Waals surface area contributed by atoms with E-state index in [2.05, 4.69) is 5.32 Å². The molecule has 3 rings (SSSR count). The second-order valence-corrected chi connectivity index (χ2v) is 7.55. The molecule has 5 heteroatoms. The molecule has 0 saturated heterocycles. The zero-order chi connectivity index (χ0) is 20.1. The molecular weight excluding hydrogens is 352 g/mol. The Labute approximate surface area is 167 Å². The number of hydrogen-bond donors (Lipinski definition) is 1. The van der Waals surface area contributed by atoms with Gasteiger partial charge in [0.1, 0.15) is 0 Å². The van der Waals surface area contributed by atoms with Gasteiger partial charge in [0.05, 0.1) is 12.2 Å². The number of carbonyl (C=O) groups excluding carboxylic acids is 2. The number of hydrogen-bond acceptors (Lipinski definition) is 3. The molecule has 0 bridgehead atoms. The fourth-order valence-corrected chi connectivity index (χ4v) is 4.03. The zero-order valence-electron chi connectivity index (χ0n) is 17.1. The smallest absolute Gasteiger partial charge is 0.339 e. The Morgan fingerprint density at radius 3 is 2.32 bits per heavy atom. The molecule has 1 aliphatic rings. The van der Waals surface area contributed by atoms with Gasteiger partial charge in [-0.1, -0.05) is 25.7 Å². The van der Waals surface area contributed by atoms with Gasteiger partial charge in [0.15, 0.2) is 0 Å². The number of nitrogens with zero attached hydrogens (tertiary/aromatic N) is 1. The summed E-state index contributed by atoms with van der Waals surface area (Å²) in [6.07, 6.45) is 7.07. The molecule has 2 aromatic rings. The Hall–Kier alpha value is -2.56. The summed E-state index contributed by atoms with van der Waals surface area (Å²) in [7, 11) is 0. The molecule has 1 N–H and O–H groups in total. The number of aromatic nitrogens is 1. The lowest BCUT2D eigenvalue weighted by Gasteiger charge is -2.16. The van der Waals surface area contributed by atoms with Crippen molar-refractivity contribution in [3.8, 4) is 5.69 Å². The molecule has 1 amide bonds. The molecule has 1 fully saturated rings. The Morgan fingerprint density at radius 2 is 1.71 bits per heavy atom. The minimum absolute atomic E-state index is 0.00777. The fraction of sp³-hybridized carbons (Fsp3) is 0.478. The number of carbonyl (C=O) groups is 2. The van der Waals surface area contributed by atoms with Crippen LogP contribution in [0.25, 0.3) is 5.69 Å². The van der Waals surface area contributed by atoms with Gasteiger partial charge in [-0.2, -0.15) is 0 Å². The van der Waals surface area contributed by atoms with Crippen LogP contribution >= 0.6 is 0 Å². The molecule has 1 heterocycles. The molecule has 0 spiro atoms. The van der Waals surface area contributed by atoms with E-state index in [1.54, 1.807) is 6.92 Å². The van der Waals surface area contributed by atoms with Crippen LogP contribution in [0.4, 0.5) is 0 Å². The van der Waals surface area contributed by atoms with Crippen LogP contribution in [0.15, 0.2) is 30.3 Å². The maximum Gasteiger partial charge on any atom is 0.339 e. The van der Waals surface area contributed by atoms with Crippen LogP contribution in [0, 0.1) is 13.8 Å². The summed E-state index contributed by atoms with van der Waals surface area (Å²) in [6, 6.07) is 9.69. The van der Waals surface area contributed by atoms with Crippen molar-refractivity contribution in [3.63, 3.8) is 0 Å². The van der Waals surface area contributed by atoms with Gasteiger partial charge in [0.2, 0.25) is 0 Å². The van der Waals surface area contributed by atoms with Crippen LogP contribution < -0.4 is 5.32 Å². The highest BCUT2D eigenvalue weighted by molar-refractivity contribution is 5.94. The summed E-state index contributed by atoms with van der Waals surface area (Å²) in [5.74, 6) is -0.312. The second kappa shape index (κ2) is 9.09. The average Bonchev–Trinajstić information content (AvgIpc) is 2.85. The second-order valence-electron chi connectivity index (χ2n) is 7.55. The highest BCUT2D eigenvalue weighted by Gasteiger charge is 2.19. The summed E-state index contributed by atoms with van der Waals surface area (Å²) in [4.78, 5) is 24.7. The largest absolute Gasteiger partial charge is 0.462 e. The number of rotatable bonds is 5. The van der Waals surface area contributed by atoms with E-state index in [0.717, 1.165) is 29.9 Å².